The summed E-state index contributed by atoms with van der Waals surface area (Å²) >= 11 is 0. The first-order valence-electron chi connectivity index (χ1n) is 10.8. The van der Waals surface area contributed by atoms with Gasteiger partial charge >= 0.3 is 0 Å². The Labute approximate surface area is 190 Å². The van der Waals surface area contributed by atoms with E-state index in [4.69, 9.17) is 14.7 Å². The molecule has 0 amide bonds. The third-order valence-electron chi connectivity index (χ3n) is 5.77. The molecular formula is C27H21N5O. The van der Waals surface area contributed by atoms with Gasteiger partial charge in [0, 0.05) is 22.5 Å². The standard InChI is InChI=1S/C27H21N5O/c1-17-28-21-16-24(30-18-10-4-3-5-11-18)31-26(25(21)27(29-17)33-2)32-22-14-8-6-12-19(22)20-13-7-9-15-23(20)32/h3-16H,1-2H3,(H,30,31). The van der Waals surface area contributed by atoms with Crippen LogP contribution in [0, 0.1) is 6.92 Å². The lowest BCUT2D eigenvalue weighted by atomic mass is 10.2. The molecule has 6 nitrogen and oxygen atoms in total. The van der Waals surface area contributed by atoms with Gasteiger partial charge in [0.2, 0.25) is 5.88 Å². The fourth-order valence-corrected chi connectivity index (χ4v) is 4.41. The van der Waals surface area contributed by atoms with Crippen LogP contribution in [0.5, 0.6) is 5.88 Å². The van der Waals surface area contributed by atoms with Gasteiger partial charge in [-0.2, -0.15) is 4.98 Å². The van der Waals surface area contributed by atoms with Gasteiger partial charge in [0.05, 0.1) is 23.7 Å². The Balaban J connectivity index is 1.73. The first kappa shape index (κ1) is 19.3. The lowest BCUT2D eigenvalue weighted by molar-refractivity contribution is 0.401. The van der Waals surface area contributed by atoms with Crippen LogP contribution < -0.4 is 10.1 Å². The summed E-state index contributed by atoms with van der Waals surface area (Å²) in [5.74, 6) is 2.57. The van der Waals surface area contributed by atoms with Crippen molar-refractivity contribution >= 4 is 44.2 Å². The van der Waals surface area contributed by atoms with E-state index in [0.717, 1.165) is 44.2 Å². The second kappa shape index (κ2) is 7.60. The highest BCUT2D eigenvalue weighted by molar-refractivity contribution is 6.10. The molecule has 3 aromatic carbocycles. The molecule has 0 radical (unpaired) electrons. The molecule has 1 N–H and O–H groups in total. The number of pyridine rings is 1. The zero-order valence-corrected chi connectivity index (χ0v) is 18.3. The van der Waals surface area contributed by atoms with Crippen molar-refractivity contribution in [3.63, 3.8) is 0 Å². The highest BCUT2D eigenvalue weighted by atomic mass is 16.5. The van der Waals surface area contributed by atoms with Crippen LogP contribution in [0.3, 0.4) is 0 Å². The van der Waals surface area contributed by atoms with Crippen LogP contribution in [0.2, 0.25) is 0 Å². The van der Waals surface area contributed by atoms with Crippen LogP contribution in [-0.2, 0) is 0 Å². The lowest BCUT2D eigenvalue weighted by Crippen LogP contribution is -2.06. The van der Waals surface area contributed by atoms with E-state index in [1.807, 2.05) is 55.5 Å². The smallest absolute Gasteiger partial charge is 0.228 e. The van der Waals surface area contributed by atoms with Gasteiger partial charge in [-0.25, -0.2) is 9.97 Å². The van der Waals surface area contributed by atoms with E-state index in [-0.39, 0.29) is 0 Å². The molecule has 6 aromatic rings. The number of hydrogen-bond acceptors (Lipinski definition) is 5. The minimum Gasteiger partial charge on any atom is -0.480 e. The Kier molecular flexibility index (Phi) is 4.43. The average Bonchev–Trinajstić information content (AvgIpc) is 3.18. The fraction of sp³-hybridized carbons (Fsp3) is 0.0741. The van der Waals surface area contributed by atoms with Crippen LogP contribution in [0.1, 0.15) is 5.82 Å². The summed E-state index contributed by atoms with van der Waals surface area (Å²) in [5.41, 5.74) is 3.85. The topological polar surface area (TPSA) is 64.9 Å². The number of fused-ring (bicyclic) bond motifs is 4. The number of methoxy groups -OCH3 is 1. The number of anilines is 2. The number of ether oxygens (including phenoxy) is 1. The van der Waals surface area contributed by atoms with Crippen LogP contribution >= 0.6 is 0 Å². The molecule has 0 fully saturated rings. The van der Waals surface area contributed by atoms with Crippen molar-refractivity contribution in [3.8, 4) is 11.7 Å². The van der Waals surface area contributed by atoms with Gasteiger partial charge in [0.1, 0.15) is 17.0 Å². The molecule has 0 spiro atoms. The summed E-state index contributed by atoms with van der Waals surface area (Å²) in [6.45, 7) is 1.87. The second-order valence-corrected chi connectivity index (χ2v) is 7.87. The summed E-state index contributed by atoms with van der Waals surface area (Å²) in [4.78, 5) is 14.4. The molecule has 0 saturated heterocycles. The molecule has 6 heteroatoms. The van der Waals surface area contributed by atoms with Crippen molar-refractivity contribution in [1.29, 1.82) is 0 Å². The number of rotatable bonds is 4. The minimum absolute atomic E-state index is 0.508. The maximum Gasteiger partial charge on any atom is 0.228 e. The second-order valence-electron chi connectivity index (χ2n) is 7.87. The molecule has 0 saturated carbocycles. The van der Waals surface area contributed by atoms with Crippen LogP contribution in [0.25, 0.3) is 38.5 Å². The molecule has 0 unspecified atom stereocenters. The third kappa shape index (κ3) is 3.15. The quantitative estimate of drug-likeness (QED) is 0.361. The summed E-state index contributed by atoms with van der Waals surface area (Å²) in [5, 5.41) is 6.52. The molecule has 6 rings (SSSR count). The Morgan fingerprint density at radius 2 is 1.39 bits per heavy atom. The van der Waals surface area contributed by atoms with Crippen molar-refractivity contribution in [2.45, 2.75) is 6.92 Å². The van der Waals surface area contributed by atoms with Gasteiger partial charge in [0.15, 0.2) is 5.82 Å². The molecule has 0 aliphatic carbocycles. The molecule has 0 aliphatic heterocycles. The Morgan fingerprint density at radius 1 is 0.758 bits per heavy atom. The maximum atomic E-state index is 5.70. The number of nitrogens with zero attached hydrogens (tertiary/aromatic N) is 4. The number of aryl methyl sites for hydroxylation is 1. The molecule has 0 aliphatic rings. The van der Waals surface area contributed by atoms with Crippen LogP contribution in [0.4, 0.5) is 11.5 Å². The maximum absolute atomic E-state index is 5.70. The van der Waals surface area contributed by atoms with Crippen molar-refractivity contribution < 1.29 is 4.74 Å². The average molecular weight is 431 g/mol. The van der Waals surface area contributed by atoms with Crippen LogP contribution in [0.15, 0.2) is 84.9 Å². The normalized spacial score (nSPS) is 11.3. The van der Waals surface area contributed by atoms with E-state index < -0.39 is 0 Å². The highest BCUT2D eigenvalue weighted by Gasteiger charge is 2.20. The van der Waals surface area contributed by atoms with Crippen molar-refractivity contribution in [1.82, 2.24) is 19.5 Å². The minimum atomic E-state index is 0.508. The predicted octanol–water partition coefficient (Wildman–Crippen LogP) is 6.18. The third-order valence-corrected chi connectivity index (χ3v) is 5.77. The summed E-state index contributed by atoms with van der Waals surface area (Å²) in [6.07, 6.45) is 0. The van der Waals surface area contributed by atoms with E-state index in [1.54, 1.807) is 7.11 Å². The van der Waals surface area contributed by atoms with Crippen LogP contribution in [-0.4, -0.2) is 26.6 Å². The zero-order chi connectivity index (χ0) is 22.4. The molecule has 0 atom stereocenters. The number of aromatic nitrogens is 4. The number of benzene rings is 3. The van der Waals surface area contributed by atoms with Crippen molar-refractivity contribution in [2.24, 2.45) is 0 Å². The van der Waals surface area contributed by atoms with Crippen molar-refractivity contribution in [2.75, 3.05) is 12.4 Å². The molecule has 33 heavy (non-hydrogen) atoms. The Bertz CT molecular complexity index is 1590. The van der Waals surface area contributed by atoms with Crippen molar-refractivity contribution in [3.05, 3.63) is 90.8 Å². The number of para-hydroxylation sites is 3. The molecule has 0 bridgehead atoms. The van der Waals surface area contributed by atoms with E-state index in [1.165, 1.54) is 0 Å². The van der Waals surface area contributed by atoms with Gasteiger partial charge in [-0.05, 0) is 31.2 Å². The monoisotopic (exact) mass is 431 g/mol. The number of hydrogen-bond donors (Lipinski definition) is 1. The largest absolute Gasteiger partial charge is 0.480 e. The van der Waals surface area contributed by atoms with E-state index >= 15 is 0 Å². The van der Waals surface area contributed by atoms with Gasteiger partial charge < -0.3 is 10.1 Å². The van der Waals surface area contributed by atoms with Gasteiger partial charge in [0.25, 0.3) is 0 Å². The molecule has 3 heterocycles. The molecular weight excluding hydrogens is 410 g/mol. The fourth-order valence-electron chi connectivity index (χ4n) is 4.41. The zero-order valence-electron chi connectivity index (χ0n) is 18.3. The molecule has 3 aromatic heterocycles. The lowest BCUT2D eigenvalue weighted by Gasteiger charge is -2.15. The SMILES string of the molecule is COc1nc(C)nc2cc(Nc3ccccc3)nc(-n3c4ccccc4c4ccccc43)c12. The van der Waals surface area contributed by atoms with Gasteiger partial charge in [-0.1, -0.05) is 54.6 Å². The van der Waals surface area contributed by atoms with E-state index in [2.05, 4.69) is 51.3 Å². The summed E-state index contributed by atoms with van der Waals surface area (Å²) < 4.78 is 7.88. The van der Waals surface area contributed by atoms with E-state index in [0.29, 0.717) is 17.5 Å². The predicted molar refractivity (Wildman–Crippen MR) is 133 cm³/mol. The Hall–Kier alpha value is -4.45. The number of nitrogens with one attached hydrogen (secondary N) is 1. The van der Waals surface area contributed by atoms with E-state index in [9.17, 15) is 0 Å². The Morgan fingerprint density at radius 3 is 2.06 bits per heavy atom. The summed E-state index contributed by atoms with van der Waals surface area (Å²) in [7, 11) is 1.63. The first-order valence-corrected chi connectivity index (χ1v) is 10.8. The van der Waals surface area contributed by atoms with Gasteiger partial charge in [-0.3, -0.25) is 4.57 Å². The first-order chi connectivity index (χ1) is 16.2. The highest BCUT2D eigenvalue weighted by Crippen LogP contribution is 2.37. The molecule has 160 valence electrons. The van der Waals surface area contributed by atoms with Gasteiger partial charge in [-0.15, -0.1) is 0 Å². The summed E-state index contributed by atoms with van der Waals surface area (Å²) in [6, 6.07) is 28.7.